The molecule has 1 saturated heterocycles. The molecule has 1 atom stereocenters. The van der Waals surface area contributed by atoms with Crippen molar-refractivity contribution in [1.29, 1.82) is 0 Å². The second-order valence-corrected chi connectivity index (χ2v) is 5.29. The van der Waals surface area contributed by atoms with Crippen LogP contribution < -0.4 is 0 Å². The van der Waals surface area contributed by atoms with E-state index in [4.69, 9.17) is 4.74 Å². The molecule has 2 heterocycles. The number of hydrogen-bond donors (Lipinski definition) is 0. The number of nitrogens with zero attached hydrogens (tertiary/aromatic N) is 2. The van der Waals surface area contributed by atoms with Crippen LogP contribution in [-0.4, -0.2) is 23.0 Å². The molecule has 17 heavy (non-hydrogen) atoms. The summed E-state index contributed by atoms with van der Waals surface area (Å²) in [6, 6.07) is 5.11. The van der Waals surface area contributed by atoms with E-state index in [1.54, 1.807) is 12.1 Å². The Morgan fingerprint density at radius 2 is 2.35 bits per heavy atom. The first-order valence-electron chi connectivity index (χ1n) is 5.67. The first kappa shape index (κ1) is 11.4. The number of rotatable bonds is 1. The van der Waals surface area contributed by atoms with Crippen molar-refractivity contribution in [3.05, 3.63) is 27.7 Å². The standard InChI is InChI=1S/C12H12FIN2O/c13-8-3-4-11-10(6-8)12(14)15-16(11)9-2-1-5-17-7-9/h3-4,6,9H,1-2,5,7H2/t9-/m1/s1. The maximum atomic E-state index is 13.2. The van der Waals surface area contributed by atoms with Gasteiger partial charge in [-0.05, 0) is 53.6 Å². The minimum absolute atomic E-state index is 0.213. The molecule has 5 heteroatoms. The summed E-state index contributed by atoms with van der Waals surface area (Å²) in [7, 11) is 0. The molecular weight excluding hydrogens is 334 g/mol. The zero-order chi connectivity index (χ0) is 11.8. The molecule has 90 valence electrons. The maximum absolute atomic E-state index is 13.2. The second-order valence-electron chi connectivity index (χ2n) is 4.27. The van der Waals surface area contributed by atoms with Crippen LogP contribution in [0.15, 0.2) is 18.2 Å². The van der Waals surface area contributed by atoms with Crippen molar-refractivity contribution in [2.24, 2.45) is 0 Å². The quantitative estimate of drug-likeness (QED) is 0.742. The van der Waals surface area contributed by atoms with Gasteiger partial charge in [0.1, 0.15) is 9.52 Å². The van der Waals surface area contributed by atoms with Crippen molar-refractivity contribution < 1.29 is 9.13 Å². The predicted octanol–water partition coefficient (Wildman–Crippen LogP) is 3.13. The van der Waals surface area contributed by atoms with Gasteiger partial charge in [-0.2, -0.15) is 5.10 Å². The first-order chi connectivity index (χ1) is 8.25. The van der Waals surface area contributed by atoms with E-state index in [0.29, 0.717) is 6.61 Å². The Labute approximate surface area is 112 Å². The molecule has 1 fully saturated rings. The number of fused-ring (bicyclic) bond motifs is 1. The molecule has 0 spiro atoms. The summed E-state index contributed by atoms with van der Waals surface area (Å²) in [5.74, 6) is -0.213. The number of aromatic nitrogens is 2. The summed E-state index contributed by atoms with van der Waals surface area (Å²) in [5.41, 5.74) is 0.992. The lowest BCUT2D eigenvalue weighted by atomic mass is 10.1. The summed E-state index contributed by atoms with van der Waals surface area (Å²) in [6.45, 7) is 1.53. The zero-order valence-corrected chi connectivity index (χ0v) is 11.4. The highest BCUT2D eigenvalue weighted by atomic mass is 127. The summed E-state index contributed by atoms with van der Waals surface area (Å²) in [5, 5.41) is 5.40. The summed E-state index contributed by atoms with van der Waals surface area (Å²) >= 11 is 2.15. The molecule has 3 nitrogen and oxygen atoms in total. The van der Waals surface area contributed by atoms with E-state index in [0.717, 1.165) is 34.1 Å². The van der Waals surface area contributed by atoms with Crippen molar-refractivity contribution in [2.45, 2.75) is 18.9 Å². The highest BCUT2D eigenvalue weighted by Crippen LogP contribution is 2.27. The van der Waals surface area contributed by atoms with Gasteiger partial charge in [-0.25, -0.2) is 4.39 Å². The zero-order valence-electron chi connectivity index (χ0n) is 9.20. The number of hydrogen-bond acceptors (Lipinski definition) is 2. The number of halogens is 2. The van der Waals surface area contributed by atoms with Gasteiger partial charge in [0.05, 0.1) is 18.2 Å². The molecule has 1 aliphatic rings. The minimum Gasteiger partial charge on any atom is -0.379 e. The van der Waals surface area contributed by atoms with Crippen LogP contribution in [0.1, 0.15) is 18.9 Å². The molecule has 1 aliphatic heterocycles. The molecular formula is C12H12FIN2O. The summed E-state index contributed by atoms with van der Waals surface area (Å²) in [4.78, 5) is 0. The van der Waals surface area contributed by atoms with Gasteiger partial charge < -0.3 is 4.74 Å². The van der Waals surface area contributed by atoms with Gasteiger partial charge in [0, 0.05) is 12.0 Å². The number of benzene rings is 1. The normalized spacial score (nSPS) is 20.9. The fourth-order valence-electron chi connectivity index (χ4n) is 2.27. The molecule has 0 N–H and O–H groups in total. The first-order valence-corrected chi connectivity index (χ1v) is 6.74. The Kier molecular flexibility index (Phi) is 3.04. The molecule has 3 rings (SSSR count). The van der Waals surface area contributed by atoms with Gasteiger partial charge >= 0.3 is 0 Å². The molecule has 0 saturated carbocycles. The number of ether oxygens (including phenoxy) is 1. The molecule has 0 aliphatic carbocycles. The Morgan fingerprint density at radius 3 is 3.12 bits per heavy atom. The fraction of sp³-hybridized carbons (Fsp3) is 0.417. The molecule has 0 radical (unpaired) electrons. The Balaban J connectivity index is 2.10. The lowest BCUT2D eigenvalue weighted by Crippen LogP contribution is -2.22. The molecule has 2 aromatic rings. The van der Waals surface area contributed by atoms with E-state index in [-0.39, 0.29) is 11.9 Å². The third kappa shape index (κ3) is 2.06. The van der Waals surface area contributed by atoms with E-state index in [1.165, 1.54) is 6.07 Å². The lowest BCUT2D eigenvalue weighted by molar-refractivity contribution is 0.0564. The fourth-order valence-corrected chi connectivity index (χ4v) is 2.94. The van der Waals surface area contributed by atoms with Crippen molar-refractivity contribution in [3.63, 3.8) is 0 Å². The van der Waals surface area contributed by atoms with E-state index in [2.05, 4.69) is 27.7 Å². The van der Waals surface area contributed by atoms with Crippen molar-refractivity contribution >= 4 is 33.5 Å². The molecule has 1 aromatic heterocycles. The average molecular weight is 346 g/mol. The minimum atomic E-state index is -0.213. The van der Waals surface area contributed by atoms with Crippen LogP contribution in [0.4, 0.5) is 4.39 Å². The van der Waals surface area contributed by atoms with Crippen LogP contribution >= 0.6 is 22.6 Å². The lowest BCUT2D eigenvalue weighted by Gasteiger charge is -2.23. The Morgan fingerprint density at radius 1 is 1.47 bits per heavy atom. The van der Waals surface area contributed by atoms with Crippen LogP contribution in [0.2, 0.25) is 0 Å². The van der Waals surface area contributed by atoms with Gasteiger partial charge in [-0.15, -0.1) is 0 Å². The van der Waals surface area contributed by atoms with E-state index >= 15 is 0 Å². The second kappa shape index (κ2) is 4.53. The maximum Gasteiger partial charge on any atom is 0.131 e. The van der Waals surface area contributed by atoms with Crippen LogP contribution in [0.25, 0.3) is 10.9 Å². The molecule has 1 aromatic carbocycles. The SMILES string of the molecule is Fc1ccc2c(c1)c(I)nn2[C@@H]1CCCOC1. The van der Waals surface area contributed by atoms with Gasteiger partial charge in [-0.1, -0.05) is 0 Å². The highest BCUT2D eigenvalue weighted by molar-refractivity contribution is 14.1. The van der Waals surface area contributed by atoms with Crippen molar-refractivity contribution in [2.75, 3.05) is 13.2 Å². The summed E-state index contributed by atoms with van der Waals surface area (Å²) < 4.78 is 21.5. The van der Waals surface area contributed by atoms with E-state index in [9.17, 15) is 4.39 Å². The third-order valence-corrected chi connectivity index (χ3v) is 3.90. The summed E-state index contributed by atoms with van der Waals surface area (Å²) in [6.07, 6.45) is 2.13. The van der Waals surface area contributed by atoms with Crippen molar-refractivity contribution in [1.82, 2.24) is 9.78 Å². The van der Waals surface area contributed by atoms with E-state index < -0.39 is 0 Å². The van der Waals surface area contributed by atoms with Crippen LogP contribution in [0, 0.1) is 9.52 Å². The van der Waals surface area contributed by atoms with Crippen LogP contribution in [0.3, 0.4) is 0 Å². The van der Waals surface area contributed by atoms with Crippen LogP contribution in [-0.2, 0) is 4.74 Å². The monoisotopic (exact) mass is 346 g/mol. The molecule has 0 bridgehead atoms. The highest BCUT2D eigenvalue weighted by Gasteiger charge is 2.20. The van der Waals surface area contributed by atoms with E-state index in [1.807, 2.05) is 4.68 Å². The van der Waals surface area contributed by atoms with Gasteiger partial charge in [0.2, 0.25) is 0 Å². The third-order valence-electron chi connectivity index (χ3n) is 3.11. The van der Waals surface area contributed by atoms with Crippen LogP contribution in [0.5, 0.6) is 0 Å². The Bertz CT molecular complexity index is 549. The average Bonchev–Trinajstić information content (AvgIpc) is 2.68. The smallest absolute Gasteiger partial charge is 0.131 e. The Hall–Kier alpha value is -0.690. The largest absolute Gasteiger partial charge is 0.379 e. The predicted molar refractivity (Wildman–Crippen MR) is 71.5 cm³/mol. The molecule has 0 amide bonds. The van der Waals surface area contributed by atoms with Gasteiger partial charge in [-0.3, -0.25) is 4.68 Å². The topological polar surface area (TPSA) is 27.1 Å². The van der Waals surface area contributed by atoms with Gasteiger partial charge in [0.25, 0.3) is 0 Å². The van der Waals surface area contributed by atoms with Crippen molar-refractivity contribution in [3.8, 4) is 0 Å². The van der Waals surface area contributed by atoms with Gasteiger partial charge in [0.15, 0.2) is 0 Å². The molecule has 0 unspecified atom stereocenters.